The predicted molar refractivity (Wildman–Crippen MR) is 101 cm³/mol. The molecule has 1 aromatic heterocycles. The maximum atomic E-state index is 12.7. The van der Waals surface area contributed by atoms with Gasteiger partial charge >= 0.3 is 0 Å². The summed E-state index contributed by atoms with van der Waals surface area (Å²) in [5.41, 5.74) is -0.992. The molecule has 3 heterocycles. The molecule has 4 rings (SSSR count). The lowest BCUT2D eigenvalue weighted by Crippen LogP contribution is -2.53. The van der Waals surface area contributed by atoms with E-state index in [1.54, 1.807) is 0 Å². The van der Waals surface area contributed by atoms with Crippen molar-refractivity contribution in [3.63, 3.8) is 0 Å². The van der Waals surface area contributed by atoms with Crippen LogP contribution in [0.3, 0.4) is 0 Å². The Morgan fingerprint density at radius 1 is 1.18 bits per heavy atom. The third-order valence-electron chi connectivity index (χ3n) is 6.04. The van der Waals surface area contributed by atoms with Crippen LogP contribution >= 0.6 is 0 Å². The molecular formula is C20H27N3O5. The van der Waals surface area contributed by atoms with E-state index < -0.39 is 29.2 Å². The highest BCUT2D eigenvalue weighted by atomic mass is 16.5. The summed E-state index contributed by atoms with van der Waals surface area (Å²) in [4.78, 5) is 39.4. The molecule has 3 aliphatic rings. The number of carbonyl (C=O) groups is 2. The van der Waals surface area contributed by atoms with Crippen molar-refractivity contribution in [2.45, 2.75) is 57.7 Å². The second-order valence-corrected chi connectivity index (χ2v) is 7.97. The molecule has 152 valence electrons. The van der Waals surface area contributed by atoms with Gasteiger partial charge in [0.1, 0.15) is 5.56 Å². The molecule has 8 heteroatoms. The third-order valence-corrected chi connectivity index (χ3v) is 6.04. The van der Waals surface area contributed by atoms with Crippen LogP contribution in [-0.4, -0.2) is 52.3 Å². The van der Waals surface area contributed by atoms with Crippen molar-refractivity contribution in [2.75, 3.05) is 19.7 Å². The highest BCUT2D eigenvalue weighted by molar-refractivity contribution is 5.99. The van der Waals surface area contributed by atoms with Gasteiger partial charge in [0.05, 0.1) is 13.2 Å². The summed E-state index contributed by atoms with van der Waals surface area (Å²) >= 11 is 0. The minimum atomic E-state index is -0.797. The minimum Gasteiger partial charge on any atom is -0.503 e. The summed E-state index contributed by atoms with van der Waals surface area (Å²) in [6.45, 7) is 1.91. The number of fused-ring (bicyclic) bond motifs is 2. The topological polar surface area (TPSA) is 101 Å². The van der Waals surface area contributed by atoms with E-state index >= 15 is 0 Å². The van der Waals surface area contributed by atoms with Crippen LogP contribution in [0.2, 0.25) is 0 Å². The van der Waals surface area contributed by atoms with Gasteiger partial charge in [-0.05, 0) is 25.2 Å². The van der Waals surface area contributed by atoms with Crippen molar-refractivity contribution in [2.24, 2.45) is 5.92 Å². The van der Waals surface area contributed by atoms with E-state index in [9.17, 15) is 19.5 Å². The lowest BCUT2D eigenvalue weighted by molar-refractivity contribution is -0.0920. The smallest absolute Gasteiger partial charge is 0.276 e. The van der Waals surface area contributed by atoms with Crippen LogP contribution < -0.4 is 10.7 Å². The van der Waals surface area contributed by atoms with Gasteiger partial charge in [0, 0.05) is 19.3 Å². The Morgan fingerprint density at radius 2 is 1.93 bits per heavy atom. The van der Waals surface area contributed by atoms with Gasteiger partial charge < -0.3 is 24.6 Å². The molecule has 0 spiro atoms. The SMILES string of the molecule is O=C(NCC1CCCCCC1)c1cn2c(c(O)c1=O)C(=O)N1CCCOC1C2. The summed E-state index contributed by atoms with van der Waals surface area (Å²) < 4.78 is 7.12. The van der Waals surface area contributed by atoms with E-state index in [1.807, 2.05) is 0 Å². The first-order valence-electron chi connectivity index (χ1n) is 10.2. The molecule has 1 aromatic rings. The number of hydrogen-bond donors (Lipinski definition) is 2. The molecular weight excluding hydrogens is 362 g/mol. The Labute approximate surface area is 163 Å². The predicted octanol–water partition coefficient (Wildman–Crippen LogP) is 1.46. The Bertz CT molecular complexity index is 826. The maximum Gasteiger partial charge on any atom is 0.276 e. The molecule has 0 aromatic carbocycles. The standard InChI is InChI=1S/C20H27N3O5/c24-17-14(19(26)21-10-13-6-3-1-2-4-7-13)11-22-12-15-23(8-5-9-28-15)20(27)16(22)18(17)25/h11,13,15,25H,1-10,12H2,(H,21,26). The van der Waals surface area contributed by atoms with Crippen molar-refractivity contribution >= 4 is 11.8 Å². The van der Waals surface area contributed by atoms with Crippen LogP contribution in [0.5, 0.6) is 5.75 Å². The molecule has 1 saturated carbocycles. The van der Waals surface area contributed by atoms with Crippen LogP contribution in [0.1, 0.15) is 65.8 Å². The number of nitrogens with zero attached hydrogens (tertiary/aromatic N) is 2. The summed E-state index contributed by atoms with van der Waals surface area (Å²) in [6.07, 6.45) is 8.64. The van der Waals surface area contributed by atoms with E-state index in [4.69, 9.17) is 4.74 Å². The first kappa shape index (κ1) is 19.0. The van der Waals surface area contributed by atoms with Crippen molar-refractivity contribution in [3.8, 4) is 5.75 Å². The monoisotopic (exact) mass is 389 g/mol. The zero-order valence-electron chi connectivity index (χ0n) is 16.0. The zero-order chi connectivity index (χ0) is 19.7. The molecule has 28 heavy (non-hydrogen) atoms. The average Bonchev–Trinajstić information content (AvgIpc) is 2.97. The molecule has 0 radical (unpaired) electrons. The van der Waals surface area contributed by atoms with Gasteiger partial charge in [-0.2, -0.15) is 0 Å². The van der Waals surface area contributed by atoms with Gasteiger partial charge in [-0.3, -0.25) is 14.4 Å². The largest absolute Gasteiger partial charge is 0.503 e. The fraction of sp³-hybridized carbons (Fsp3) is 0.650. The third kappa shape index (κ3) is 3.53. The van der Waals surface area contributed by atoms with E-state index in [1.165, 1.54) is 41.3 Å². The lowest BCUT2D eigenvalue weighted by Gasteiger charge is -2.40. The molecule has 2 amide bonds. The van der Waals surface area contributed by atoms with Crippen LogP contribution in [0.4, 0.5) is 0 Å². The van der Waals surface area contributed by atoms with E-state index in [-0.39, 0.29) is 17.8 Å². The van der Waals surface area contributed by atoms with Gasteiger partial charge in [-0.25, -0.2) is 0 Å². The van der Waals surface area contributed by atoms with E-state index in [0.717, 1.165) is 19.3 Å². The highest BCUT2D eigenvalue weighted by Crippen LogP contribution is 2.26. The van der Waals surface area contributed by atoms with Gasteiger partial charge in [0.15, 0.2) is 17.7 Å². The first-order valence-corrected chi connectivity index (χ1v) is 10.2. The normalized spacial score (nSPS) is 22.9. The van der Waals surface area contributed by atoms with Crippen LogP contribution in [0, 0.1) is 5.92 Å². The van der Waals surface area contributed by atoms with Gasteiger partial charge in [0.25, 0.3) is 11.8 Å². The fourth-order valence-electron chi connectivity index (χ4n) is 4.46. The molecule has 2 fully saturated rings. The number of aromatic hydroxyl groups is 1. The van der Waals surface area contributed by atoms with Crippen LogP contribution in [0.25, 0.3) is 0 Å². The van der Waals surface area contributed by atoms with Crippen LogP contribution in [0.15, 0.2) is 11.0 Å². The zero-order valence-corrected chi connectivity index (χ0v) is 16.0. The molecule has 2 N–H and O–H groups in total. The van der Waals surface area contributed by atoms with Crippen molar-refractivity contribution in [1.29, 1.82) is 0 Å². The number of hydrogen-bond acceptors (Lipinski definition) is 5. The number of nitrogens with one attached hydrogen (secondary N) is 1. The summed E-state index contributed by atoms with van der Waals surface area (Å²) in [5, 5.41) is 13.2. The summed E-state index contributed by atoms with van der Waals surface area (Å²) in [7, 11) is 0. The van der Waals surface area contributed by atoms with E-state index in [0.29, 0.717) is 25.6 Å². The molecule has 1 unspecified atom stereocenters. The lowest BCUT2D eigenvalue weighted by atomic mass is 10.0. The van der Waals surface area contributed by atoms with E-state index in [2.05, 4.69) is 5.32 Å². The Kier molecular flexibility index (Phi) is 5.39. The number of ether oxygens (including phenoxy) is 1. The van der Waals surface area contributed by atoms with Crippen molar-refractivity contribution in [1.82, 2.24) is 14.8 Å². The van der Waals surface area contributed by atoms with Gasteiger partial charge in [-0.1, -0.05) is 25.7 Å². The number of rotatable bonds is 3. The van der Waals surface area contributed by atoms with Crippen LogP contribution in [-0.2, 0) is 11.3 Å². The number of amides is 2. The highest BCUT2D eigenvalue weighted by Gasteiger charge is 2.38. The number of carbonyl (C=O) groups excluding carboxylic acids is 2. The first-order chi connectivity index (χ1) is 13.6. The molecule has 2 aliphatic heterocycles. The summed E-state index contributed by atoms with van der Waals surface area (Å²) in [6, 6.07) is 0. The molecule has 1 saturated heterocycles. The summed E-state index contributed by atoms with van der Waals surface area (Å²) in [5.74, 6) is -1.17. The van der Waals surface area contributed by atoms with Crippen molar-refractivity contribution < 1.29 is 19.4 Å². The Hall–Kier alpha value is -2.35. The van der Waals surface area contributed by atoms with Gasteiger partial charge in [0.2, 0.25) is 5.43 Å². The Balaban J connectivity index is 1.55. The van der Waals surface area contributed by atoms with Crippen molar-refractivity contribution in [3.05, 3.63) is 27.7 Å². The van der Waals surface area contributed by atoms with Gasteiger partial charge in [-0.15, -0.1) is 0 Å². The Morgan fingerprint density at radius 3 is 2.68 bits per heavy atom. The quantitative estimate of drug-likeness (QED) is 0.762. The number of aromatic nitrogens is 1. The molecule has 8 nitrogen and oxygen atoms in total. The minimum absolute atomic E-state index is 0.0629. The molecule has 0 bridgehead atoms. The molecule has 1 atom stereocenters. The average molecular weight is 389 g/mol. The maximum absolute atomic E-state index is 12.7. The second-order valence-electron chi connectivity index (χ2n) is 7.97. The second kappa shape index (κ2) is 7.95. The fourth-order valence-corrected chi connectivity index (χ4v) is 4.46. The number of pyridine rings is 1. The molecule has 1 aliphatic carbocycles.